The molecule has 0 aliphatic rings. The van der Waals surface area contributed by atoms with Gasteiger partial charge in [0.05, 0.1) is 12.8 Å². The van der Waals surface area contributed by atoms with Gasteiger partial charge in [0.15, 0.2) is 0 Å². The smallest absolute Gasteiger partial charge is 0.259 e. The van der Waals surface area contributed by atoms with Gasteiger partial charge in [0.25, 0.3) is 11.8 Å². The molecule has 1 aromatic heterocycles. The molecule has 6 heteroatoms. The first-order chi connectivity index (χ1) is 10.3. The van der Waals surface area contributed by atoms with Gasteiger partial charge in [-0.05, 0) is 29.8 Å². The van der Waals surface area contributed by atoms with Crippen LogP contribution in [0.5, 0.6) is 0 Å². The fourth-order valence-electron chi connectivity index (χ4n) is 1.52. The molecule has 0 spiro atoms. The lowest BCUT2D eigenvalue weighted by Gasteiger charge is -2.03. The number of hydrogen-bond acceptors (Lipinski definition) is 4. The van der Waals surface area contributed by atoms with E-state index >= 15 is 0 Å². The maximum Gasteiger partial charge on any atom is 0.259 e. The average molecular weight is 282 g/mol. The van der Waals surface area contributed by atoms with Crippen molar-refractivity contribution in [3.05, 3.63) is 66.0 Å². The van der Waals surface area contributed by atoms with Crippen LogP contribution < -0.4 is 10.7 Å². The minimum atomic E-state index is -0.399. The highest BCUT2D eigenvalue weighted by atomic mass is 16.2. The van der Waals surface area contributed by atoms with Gasteiger partial charge >= 0.3 is 0 Å². The number of amides is 2. The van der Waals surface area contributed by atoms with Crippen LogP contribution in [-0.4, -0.2) is 29.6 Å². The molecule has 0 unspecified atom stereocenters. The second kappa shape index (κ2) is 7.54. The van der Waals surface area contributed by atoms with E-state index in [4.69, 9.17) is 0 Å². The van der Waals surface area contributed by atoms with Gasteiger partial charge in [0.2, 0.25) is 0 Å². The van der Waals surface area contributed by atoms with Gasteiger partial charge in [-0.15, -0.1) is 0 Å². The molecule has 0 radical (unpaired) electrons. The van der Waals surface area contributed by atoms with Crippen LogP contribution in [0.3, 0.4) is 0 Å². The molecular weight excluding hydrogens is 268 g/mol. The molecule has 2 rings (SSSR count). The number of carbonyl (C=O) groups excluding carboxylic acids is 2. The lowest BCUT2D eigenvalue weighted by Crippen LogP contribution is -2.34. The van der Waals surface area contributed by atoms with Crippen molar-refractivity contribution in [3.63, 3.8) is 0 Å². The number of aromatic nitrogens is 1. The van der Waals surface area contributed by atoms with Crippen molar-refractivity contribution < 1.29 is 9.59 Å². The molecule has 0 saturated carbocycles. The molecule has 0 aliphatic carbocycles. The Hall–Kier alpha value is -3.02. The summed E-state index contributed by atoms with van der Waals surface area (Å²) in [5.74, 6) is -0.701. The first kappa shape index (κ1) is 14.4. The summed E-state index contributed by atoms with van der Waals surface area (Å²) in [6.45, 7) is -0.137. The van der Waals surface area contributed by atoms with Gasteiger partial charge in [0.1, 0.15) is 0 Å². The van der Waals surface area contributed by atoms with Crippen molar-refractivity contribution in [1.82, 2.24) is 15.7 Å². The lowest BCUT2D eigenvalue weighted by atomic mass is 10.2. The van der Waals surface area contributed by atoms with Crippen molar-refractivity contribution in [2.24, 2.45) is 5.10 Å². The summed E-state index contributed by atoms with van der Waals surface area (Å²) < 4.78 is 0. The summed E-state index contributed by atoms with van der Waals surface area (Å²) in [5, 5.41) is 6.30. The van der Waals surface area contributed by atoms with Crippen LogP contribution in [0.4, 0.5) is 0 Å². The number of rotatable bonds is 5. The highest BCUT2D eigenvalue weighted by Crippen LogP contribution is 1.97. The zero-order valence-electron chi connectivity index (χ0n) is 11.2. The summed E-state index contributed by atoms with van der Waals surface area (Å²) >= 11 is 0. The molecular formula is C15H14N4O2. The minimum Gasteiger partial charge on any atom is -0.343 e. The molecule has 21 heavy (non-hydrogen) atoms. The SMILES string of the molecule is O=C(CNC(=O)c1ccccc1)N/N=C\c1ccncc1. The van der Waals surface area contributed by atoms with E-state index < -0.39 is 5.91 Å². The summed E-state index contributed by atoms with van der Waals surface area (Å²) in [6, 6.07) is 12.2. The summed E-state index contributed by atoms with van der Waals surface area (Å²) in [6.07, 6.45) is 4.76. The second-order valence-electron chi connectivity index (χ2n) is 4.12. The van der Waals surface area contributed by atoms with Crippen molar-refractivity contribution in [2.45, 2.75) is 0 Å². The molecule has 1 aromatic carbocycles. The minimum absolute atomic E-state index is 0.137. The van der Waals surface area contributed by atoms with E-state index in [1.165, 1.54) is 6.21 Å². The average Bonchev–Trinajstić information content (AvgIpc) is 2.54. The largest absolute Gasteiger partial charge is 0.343 e. The first-order valence-corrected chi connectivity index (χ1v) is 6.31. The summed E-state index contributed by atoms with van der Waals surface area (Å²) in [7, 11) is 0. The van der Waals surface area contributed by atoms with Crippen LogP contribution in [0.25, 0.3) is 0 Å². The topological polar surface area (TPSA) is 83.5 Å². The van der Waals surface area contributed by atoms with Crippen molar-refractivity contribution >= 4 is 18.0 Å². The Kier molecular flexibility index (Phi) is 5.17. The third-order valence-electron chi connectivity index (χ3n) is 2.55. The van der Waals surface area contributed by atoms with Crippen LogP contribution in [-0.2, 0) is 4.79 Å². The molecule has 0 atom stereocenters. The maximum atomic E-state index is 11.7. The van der Waals surface area contributed by atoms with Gasteiger partial charge < -0.3 is 5.32 Å². The molecule has 1 heterocycles. The van der Waals surface area contributed by atoms with E-state index in [1.807, 2.05) is 6.07 Å². The lowest BCUT2D eigenvalue weighted by molar-refractivity contribution is -0.120. The monoisotopic (exact) mass is 282 g/mol. The van der Waals surface area contributed by atoms with Gasteiger partial charge in [-0.2, -0.15) is 5.10 Å². The Morgan fingerprint density at radius 2 is 1.81 bits per heavy atom. The quantitative estimate of drug-likeness (QED) is 0.633. The van der Waals surface area contributed by atoms with Crippen molar-refractivity contribution in [2.75, 3.05) is 6.54 Å². The third-order valence-corrected chi connectivity index (χ3v) is 2.55. The normalized spacial score (nSPS) is 10.3. The van der Waals surface area contributed by atoms with Crippen molar-refractivity contribution in [3.8, 4) is 0 Å². The zero-order chi connectivity index (χ0) is 14.9. The highest BCUT2D eigenvalue weighted by molar-refractivity contribution is 5.96. The number of carbonyl (C=O) groups is 2. The Bertz CT molecular complexity index is 627. The molecule has 6 nitrogen and oxygen atoms in total. The van der Waals surface area contributed by atoms with E-state index in [1.54, 1.807) is 48.8 Å². The molecule has 0 fully saturated rings. The molecule has 106 valence electrons. The molecule has 2 N–H and O–H groups in total. The van der Waals surface area contributed by atoms with Gasteiger partial charge in [-0.25, -0.2) is 5.43 Å². The summed E-state index contributed by atoms with van der Waals surface area (Å²) in [4.78, 5) is 27.1. The second-order valence-corrected chi connectivity index (χ2v) is 4.12. The van der Waals surface area contributed by atoms with Crippen LogP contribution in [0.2, 0.25) is 0 Å². The number of nitrogens with one attached hydrogen (secondary N) is 2. The first-order valence-electron chi connectivity index (χ1n) is 6.31. The Balaban J connectivity index is 1.75. The fraction of sp³-hybridized carbons (Fsp3) is 0.0667. The number of hydrazone groups is 1. The molecule has 0 bridgehead atoms. The molecule has 0 saturated heterocycles. The van der Waals surface area contributed by atoms with E-state index in [2.05, 4.69) is 20.8 Å². The Labute approximate surface area is 121 Å². The number of pyridine rings is 1. The number of hydrogen-bond donors (Lipinski definition) is 2. The van der Waals surface area contributed by atoms with Crippen LogP contribution in [0, 0.1) is 0 Å². The Morgan fingerprint density at radius 3 is 2.52 bits per heavy atom. The van der Waals surface area contributed by atoms with Gasteiger partial charge in [-0.3, -0.25) is 14.6 Å². The fourth-order valence-corrected chi connectivity index (χ4v) is 1.52. The summed E-state index contributed by atoms with van der Waals surface area (Å²) in [5.41, 5.74) is 3.66. The van der Waals surface area contributed by atoms with Crippen LogP contribution >= 0.6 is 0 Å². The zero-order valence-corrected chi connectivity index (χ0v) is 11.2. The van der Waals surface area contributed by atoms with Crippen LogP contribution in [0.15, 0.2) is 60.0 Å². The van der Waals surface area contributed by atoms with Gasteiger partial charge in [-0.1, -0.05) is 18.2 Å². The van der Waals surface area contributed by atoms with E-state index in [0.29, 0.717) is 5.56 Å². The highest BCUT2D eigenvalue weighted by Gasteiger charge is 2.06. The predicted molar refractivity (Wildman–Crippen MR) is 78.7 cm³/mol. The van der Waals surface area contributed by atoms with E-state index in [-0.39, 0.29) is 12.5 Å². The standard InChI is InChI=1S/C15H14N4O2/c20-14(19-18-10-12-6-8-16-9-7-12)11-17-15(21)13-4-2-1-3-5-13/h1-10H,11H2,(H,17,21)(H,19,20)/b18-10-. The molecule has 0 aliphatic heterocycles. The van der Waals surface area contributed by atoms with E-state index in [9.17, 15) is 9.59 Å². The maximum absolute atomic E-state index is 11.7. The number of benzene rings is 1. The third kappa shape index (κ3) is 4.87. The molecule has 2 aromatic rings. The molecule has 2 amide bonds. The van der Waals surface area contributed by atoms with Crippen LogP contribution in [0.1, 0.15) is 15.9 Å². The number of nitrogens with zero attached hydrogens (tertiary/aromatic N) is 2. The van der Waals surface area contributed by atoms with E-state index in [0.717, 1.165) is 5.56 Å². The van der Waals surface area contributed by atoms with Crippen molar-refractivity contribution in [1.29, 1.82) is 0 Å². The Morgan fingerprint density at radius 1 is 1.10 bits per heavy atom. The van der Waals surface area contributed by atoms with Gasteiger partial charge in [0, 0.05) is 18.0 Å². The predicted octanol–water partition coefficient (Wildman–Crippen LogP) is 0.962.